The van der Waals surface area contributed by atoms with E-state index in [0.717, 1.165) is 11.6 Å². The highest BCUT2D eigenvalue weighted by Crippen LogP contribution is 2.29. The Morgan fingerprint density at radius 3 is 2.54 bits per heavy atom. The first-order valence-electron chi connectivity index (χ1n) is 8.17. The summed E-state index contributed by atoms with van der Waals surface area (Å²) >= 11 is 0. The van der Waals surface area contributed by atoms with E-state index < -0.39 is 21.6 Å². The van der Waals surface area contributed by atoms with Crippen LogP contribution >= 0.6 is 0 Å². The van der Waals surface area contributed by atoms with Gasteiger partial charge in [-0.25, -0.2) is 4.63 Å². The van der Waals surface area contributed by atoms with Crippen LogP contribution in [0.25, 0.3) is 11.3 Å². The second kappa shape index (κ2) is 8.12. The second-order valence-electron chi connectivity index (χ2n) is 5.81. The highest BCUT2D eigenvalue weighted by molar-refractivity contribution is 5.65. The quantitative estimate of drug-likeness (QED) is 0.455. The lowest BCUT2D eigenvalue weighted by Crippen LogP contribution is -2.23. The van der Waals surface area contributed by atoms with Gasteiger partial charge in [0.25, 0.3) is 17.3 Å². The standard InChI is InChI=1S/C17H15N5O6/c1-11(27-17-16(19-28-20-17)12-5-3-2-4-6-12)10-18-14-8-7-13(21(23)24)9-15(14)22(25)26/h2-9,11,18H,10H2,1H3/t11-/m0/s1. The van der Waals surface area contributed by atoms with Crippen LogP contribution in [-0.2, 0) is 0 Å². The molecule has 0 bridgehead atoms. The first-order chi connectivity index (χ1) is 13.5. The van der Waals surface area contributed by atoms with E-state index in [1.807, 2.05) is 30.3 Å². The molecule has 3 aromatic rings. The van der Waals surface area contributed by atoms with Gasteiger partial charge in [-0.1, -0.05) is 30.3 Å². The van der Waals surface area contributed by atoms with Gasteiger partial charge in [-0.3, -0.25) is 20.2 Å². The summed E-state index contributed by atoms with van der Waals surface area (Å²) in [5.41, 5.74) is 0.600. The van der Waals surface area contributed by atoms with Crippen LogP contribution in [-0.4, -0.2) is 32.8 Å². The van der Waals surface area contributed by atoms with Crippen molar-refractivity contribution in [2.75, 3.05) is 11.9 Å². The largest absolute Gasteiger partial charge is 0.469 e. The lowest BCUT2D eigenvalue weighted by atomic mass is 10.2. The van der Waals surface area contributed by atoms with Crippen LogP contribution in [0.15, 0.2) is 53.2 Å². The van der Waals surface area contributed by atoms with Gasteiger partial charge in [0, 0.05) is 11.6 Å². The molecule has 3 rings (SSSR count). The molecule has 0 amide bonds. The van der Waals surface area contributed by atoms with Crippen molar-refractivity contribution in [1.82, 2.24) is 10.3 Å². The Balaban J connectivity index is 1.69. The van der Waals surface area contributed by atoms with Gasteiger partial charge in [-0.05, 0) is 23.3 Å². The second-order valence-corrected chi connectivity index (χ2v) is 5.81. The van der Waals surface area contributed by atoms with E-state index in [2.05, 4.69) is 15.6 Å². The predicted octanol–water partition coefficient (Wildman–Crippen LogP) is 3.43. The number of non-ortho nitro benzene ring substituents is 1. The van der Waals surface area contributed by atoms with Crippen molar-refractivity contribution in [3.8, 4) is 17.1 Å². The molecular formula is C17H15N5O6. The maximum atomic E-state index is 11.2. The molecule has 0 radical (unpaired) electrons. The first-order valence-corrected chi connectivity index (χ1v) is 8.17. The molecule has 0 unspecified atom stereocenters. The van der Waals surface area contributed by atoms with Gasteiger partial charge >= 0.3 is 0 Å². The Kier molecular flexibility index (Phi) is 5.44. The van der Waals surface area contributed by atoms with E-state index in [4.69, 9.17) is 9.37 Å². The zero-order valence-electron chi connectivity index (χ0n) is 14.6. The molecule has 1 aromatic heterocycles. The van der Waals surface area contributed by atoms with Crippen LogP contribution in [0, 0.1) is 20.2 Å². The zero-order chi connectivity index (χ0) is 20.1. The fourth-order valence-corrected chi connectivity index (χ4v) is 2.45. The van der Waals surface area contributed by atoms with Crippen molar-refractivity contribution in [2.24, 2.45) is 0 Å². The summed E-state index contributed by atoms with van der Waals surface area (Å²) in [6.45, 7) is 1.91. The minimum Gasteiger partial charge on any atom is -0.469 e. The highest BCUT2D eigenvalue weighted by atomic mass is 16.6. The monoisotopic (exact) mass is 385 g/mol. The topological polar surface area (TPSA) is 146 Å². The number of nitro groups is 2. The van der Waals surface area contributed by atoms with Crippen LogP contribution in [0.3, 0.4) is 0 Å². The summed E-state index contributed by atoms with van der Waals surface area (Å²) in [5, 5.41) is 32.4. The van der Waals surface area contributed by atoms with Gasteiger partial charge < -0.3 is 10.1 Å². The van der Waals surface area contributed by atoms with Crippen LogP contribution in [0.1, 0.15) is 6.92 Å². The number of benzene rings is 2. The lowest BCUT2D eigenvalue weighted by Gasteiger charge is -2.14. The van der Waals surface area contributed by atoms with Crippen LogP contribution in [0.2, 0.25) is 0 Å². The fourth-order valence-electron chi connectivity index (χ4n) is 2.45. The van der Waals surface area contributed by atoms with Gasteiger partial charge in [-0.15, -0.1) is 0 Å². The third kappa shape index (κ3) is 4.20. The number of aromatic nitrogens is 2. The third-order valence-electron chi connectivity index (χ3n) is 3.79. The average Bonchev–Trinajstić information content (AvgIpc) is 3.14. The number of nitrogens with one attached hydrogen (secondary N) is 1. The Hall–Kier alpha value is -4.02. The maximum absolute atomic E-state index is 11.2. The number of hydrogen-bond acceptors (Lipinski definition) is 9. The first kappa shape index (κ1) is 18.8. The van der Waals surface area contributed by atoms with Gasteiger partial charge in [0.2, 0.25) is 0 Å². The minimum atomic E-state index is -0.689. The smallest absolute Gasteiger partial charge is 0.299 e. The Bertz CT molecular complexity index is 991. The van der Waals surface area contributed by atoms with Crippen LogP contribution in [0.5, 0.6) is 5.88 Å². The van der Waals surface area contributed by atoms with E-state index in [1.165, 1.54) is 12.1 Å². The summed E-state index contributed by atoms with van der Waals surface area (Å²) in [4.78, 5) is 20.6. The molecule has 0 fully saturated rings. The molecule has 0 spiro atoms. The van der Waals surface area contributed by atoms with Gasteiger partial charge in [-0.2, -0.15) is 0 Å². The van der Waals surface area contributed by atoms with Gasteiger partial charge in [0.15, 0.2) is 5.69 Å². The fraction of sp³-hybridized carbons (Fsp3) is 0.176. The normalized spacial score (nSPS) is 11.6. The average molecular weight is 385 g/mol. The molecule has 1 heterocycles. The minimum absolute atomic E-state index is 0.146. The molecule has 0 saturated heterocycles. The summed E-state index contributed by atoms with van der Waals surface area (Å²) in [6, 6.07) is 12.6. The molecule has 28 heavy (non-hydrogen) atoms. The van der Waals surface area contributed by atoms with Crippen molar-refractivity contribution in [3.63, 3.8) is 0 Å². The van der Waals surface area contributed by atoms with Crippen LogP contribution in [0.4, 0.5) is 17.1 Å². The molecule has 0 saturated carbocycles. The summed E-state index contributed by atoms with van der Waals surface area (Å²) in [6.07, 6.45) is -0.454. The maximum Gasteiger partial charge on any atom is 0.299 e. The molecule has 0 aliphatic carbocycles. The summed E-state index contributed by atoms with van der Waals surface area (Å²) in [5.74, 6) is 0.193. The summed E-state index contributed by atoms with van der Waals surface area (Å²) < 4.78 is 10.5. The molecular weight excluding hydrogens is 370 g/mol. The molecule has 1 N–H and O–H groups in total. The molecule has 1 atom stereocenters. The highest BCUT2D eigenvalue weighted by Gasteiger charge is 2.21. The molecule has 144 valence electrons. The molecule has 0 aliphatic heterocycles. The summed E-state index contributed by atoms with van der Waals surface area (Å²) in [7, 11) is 0. The molecule has 0 aliphatic rings. The number of nitro benzene ring substituents is 2. The van der Waals surface area contributed by atoms with Crippen molar-refractivity contribution in [3.05, 3.63) is 68.8 Å². The number of anilines is 1. The Morgan fingerprint density at radius 1 is 1.11 bits per heavy atom. The zero-order valence-corrected chi connectivity index (χ0v) is 14.6. The van der Waals surface area contributed by atoms with Gasteiger partial charge in [0.1, 0.15) is 11.8 Å². The molecule has 11 nitrogen and oxygen atoms in total. The van der Waals surface area contributed by atoms with E-state index in [-0.39, 0.29) is 23.8 Å². The lowest BCUT2D eigenvalue weighted by molar-refractivity contribution is -0.393. The van der Waals surface area contributed by atoms with E-state index in [0.29, 0.717) is 5.69 Å². The number of hydrogen-bond donors (Lipinski definition) is 1. The number of nitrogens with zero attached hydrogens (tertiary/aromatic N) is 4. The van der Waals surface area contributed by atoms with Crippen LogP contribution < -0.4 is 10.1 Å². The van der Waals surface area contributed by atoms with E-state index >= 15 is 0 Å². The molecule has 11 heteroatoms. The Morgan fingerprint density at radius 2 is 1.86 bits per heavy atom. The Labute approximate surface area is 158 Å². The predicted molar refractivity (Wildman–Crippen MR) is 98.1 cm³/mol. The SMILES string of the molecule is C[C@@H](CNc1ccc([N+](=O)[O-])cc1[N+](=O)[O-])Oc1nonc1-c1ccccc1. The van der Waals surface area contributed by atoms with E-state index in [1.54, 1.807) is 6.92 Å². The van der Waals surface area contributed by atoms with Crippen molar-refractivity contribution in [2.45, 2.75) is 13.0 Å². The van der Waals surface area contributed by atoms with Crippen molar-refractivity contribution < 1.29 is 19.2 Å². The van der Waals surface area contributed by atoms with E-state index in [9.17, 15) is 20.2 Å². The van der Waals surface area contributed by atoms with Gasteiger partial charge in [0.05, 0.1) is 22.5 Å². The van der Waals surface area contributed by atoms with Crippen molar-refractivity contribution in [1.29, 1.82) is 0 Å². The molecule has 2 aromatic carbocycles. The van der Waals surface area contributed by atoms with Crippen molar-refractivity contribution >= 4 is 17.1 Å². The number of ether oxygens (including phenoxy) is 1. The number of rotatable bonds is 8. The third-order valence-corrected chi connectivity index (χ3v) is 3.79.